The highest BCUT2D eigenvalue weighted by Gasteiger charge is 2.18. The van der Waals surface area contributed by atoms with Gasteiger partial charge >= 0.3 is 0 Å². The van der Waals surface area contributed by atoms with Crippen LogP contribution in [0.2, 0.25) is 0 Å². The van der Waals surface area contributed by atoms with Gasteiger partial charge in [-0.15, -0.1) is 0 Å². The number of nitrogens with zero attached hydrogens (tertiary/aromatic N) is 1. The Morgan fingerprint density at radius 2 is 2.12 bits per heavy atom. The Morgan fingerprint density at radius 1 is 1.41 bits per heavy atom. The molecule has 2 heterocycles. The van der Waals surface area contributed by atoms with Gasteiger partial charge < -0.3 is 9.47 Å². The fraction of sp³-hybridized carbons (Fsp3) is 0.615. The average Bonchev–Trinajstić information content (AvgIpc) is 2.29. The molecule has 3 nitrogen and oxygen atoms in total. The van der Waals surface area contributed by atoms with Gasteiger partial charge in [0.2, 0.25) is 0 Å². The van der Waals surface area contributed by atoms with E-state index in [1.165, 1.54) is 11.3 Å². The number of ether oxygens (including phenoxy) is 2. The lowest BCUT2D eigenvalue weighted by molar-refractivity contribution is -0.680. The summed E-state index contributed by atoms with van der Waals surface area (Å²) in [7, 11) is 2.08. The van der Waals surface area contributed by atoms with Gasteiger partial charge in [0, 0.05) is 18.4 Å². The molecule has 0 unspecified atom stereocenters. The summed E-state index contributed by atoms with van der Waals surface area (Å²) < 4.78 is 14.4. The van der Waals surface area contributed by atoms with E-state index in [1.54, 1.807) is 0 Å². The molecule has 1 aliphatic rings. The normalized spacial score (nSPS) is 17.4. The van der Waals surface area contributed by atoms with Gasteiger partial charge in [-0.05, 0) is 35.3 Å². The summed E-state index contributed by atoms with van der Waals surface area (Å²) in [6.45, 7) is 3.75. The lowest BCUT2D eigenvalue weighted by Crippen LogP contribution is -2.35. The number of rotatable bonds is 3. The molecule has 0 atom stereocenters. The second-order valence-electron chi connectivity index (χ2n) is 4.49. The van der Waals surface area contributed by atoms with E-state index in [-0.39, 0.29) is 6.29 Å². The van der Waals surface area contributed by atoms with Gasteiger partial charge in [0.05, 0.1) is 17.7 Å². The third-order valence-electron chi connectivity index (χ3n) is 2.97. The van der Waals surface area contributed by atoms with E-state index in [1.807, 2.05) is 0 Å². The van der Waals surface area contributed by atoms with Crippen LogP contribution in [0.4, 0.5) is 0 Å². The molecule has 0 bridgehead atoms. The van der Waals surface area contributed by atoms with Crippen molar-refractivity contribution in [3.05, 3.63) is 28.0 Å². The first-order valence-corrected chi connectivity index (χ1v) is 6.84. The molecule has 1 saturated heterocycles. The van der Waals surface area contributed by atoms with Crippen LogP contribution >= 0.6 is 15.9 Å². The van der Waals surface area contributed by atoms with Crippen molar-refractivity contribution in [2.45, 2.75) is 32.5 Å². The fourth-order valence-electron chi connectivity index (χ4n) is 2.13. The van der Waals surface area contributed by atoms with E-state index >= 15 is 0 Å². The zero-order valence-corrected chi connectivity index (χ0v) is 12.0. The Bertz CT molecular complexity index is 366. The van der Waals surface area contributed by atoms with Crippen molar-refractivity contribution < 1.29 is 14.0 Å². The summed E-state index contributed by atoms with van der Waals surface area (Å²) in [4.78, 5) is 0. The number of hydrogen-bond donors (Lipinski definition) is 0. The first-order chi connectivity index (χ1) is 8.16. The van der Waals surface area contributed by atoms with Crippen molar-refractivity contribution in [1.29, 1.82) is 0 Å². The van der Waals surface area contributed by atoms with Gasteiger partial charge in [-0.2, -0.15) is 0 Å². The van der Waals surface area contributed by atoms with Crippen LogP contribution in [-0.2, 0) is 22.9 Å². The molecule has 0 aliphatic carbocycles. The molecule has 4 heteroatoms. The predicted molar refractivity (Wildman–Crippen MR) is 68.7 cm³/mol. The van der Waals surface area contributed by atoms with Crippen LogP contribution in [-0.4, -0.2) is 19.5 Å². The zero-order valence-electron chi connectivity index (χ0n) is 10.4. The third kappa shape index (κ3) is 3.50. The zero-order chi connectivity index (χ0) is 12.3. The second-order valence-corrected chi connectivity index (χ2v) is 5.34. The average molecular weight is 301 g/mol. The van der Waals surface area contributed by atoms with Gasteiger partial charge in [0.15, 0.2) is 18.2 Å². The van der Waals surface area contributed by atoms with Crippen LogP contribution in [0.5, 0.6) is 0 Å². The van der Waals surface area contributed by atoms with Crippen LogP contribution in [0.3, 0.4) is 0 Å². The Morgan fingerprint density at radius 3 is 2.76 bits per heavy atom. The quantitative estimate of drug-likeness (QED) is 0.799. The molecule has 94 valence electrons. The summed E-state index contributed by atoms with van der Waals surface area (Å²) >= 11 is 3.62. The van der Waals surface area contributed by atoms with Crippen molar-refractivity contribution in [3.8, 4) is 0 Å². The van der Waals surface area contributed by atoms with E-state index in [4.69, 9.17) is 9.47 Å². The van der Waals surface area contributed by atoms with Gasteiger partial charge in [0.25, 0.3) is 0 Å². The topological polar surface area (TPSA) is 22.3 Å². The van der Waals surface area contributed by atoms with Crippen molar-refractivity contribution in [3.63, 3.8) is 0 Å². The number of halogens is 1. The van der Waals surface area contributed by atoms with Gasteiger partial charge in [0.1, 0.15) is 7.05 Å². The van der Waals surface area contributed by atoms with Crippen LogP contribution in [0.15, 0.2) is 16.7 Å². The lowest BCUT2D eigenvalue weighted by atomic mass is 10.2. The maximum absolute atomic E-state index is 5.56. The fourth-order valence-corrected chi connectivity index (χ4v) is 2.96. The molecule has 1 aliphatic heterocycles. The Hall–Kier alpha value is -0.450. The molecule has 1 aromatic rings. The highest BCUT2D eigenvalue weighted by atomic mass is 79.9. The first-order valence-electron chi connectivity index (χ1n) is 6.04. The van der Waals surface area contributed by atoms with Crippen LogP contribution < -0.4 is 4.57 Å². The van der Waals surface area contributed by atoms with Crippen molar-refractivity contribution in [2.24, 2.45) is 7.05 Å². The van der Waals surface area contributed by atoms with Crippen molar-refractivity contribution in [1.82, 2.24) is 0 Å². The Labute approximate surface area is 111 Å². The highest BCUT2D eigenvalue weighted by molar-refractivity contribution is 9.10. The minimum atomic E-state index is -0.0306. The summed E-state index contributed by atoms with van der Waals surface area (Å²) in [6.07, 6.45) is 5.00. The molecule has 1 aromatic heterocycles. The molecular weight excluding hydrogens is 282 g/mol. The molecule has 0 N–H and O–H groups in total. The van der Waals surface area contributed by atoms with E-state index in [0.717, 1.165) is 36.9 Å². The Balaban J connectivity index is 1.98. The van der Waals surface area contributed by atoms with Crippen molar-refractivity contribution in [2.75, 3.05) is 13.2 Å². The Kier molecular flexibility index (Phi) is 4.54. The first kappa shape index (κ1) is 13.0. The molecule has 17 heavy (non-hydrogen) atoms. The maximum atomic E-state index is 5.56. The molecule has 0 aromatic carbocycles. The molecule has 1 fully saturated rings. The molecule has 0 saturated carbocycles. The molecule has 0 spiro atoms. The van der Waals surface area contributed by atoms with E-state index < -0.39 is 0 Å². The molecule has 2 rings (SSSR count). The number of hydrogen-bond acceptors (Lipinski definition) is 2. The summed E-state index contributed by atoms with van der Waals surface area (Å²) in [5.41, 5.74) is 2.54. The molecule has 0 radical (unpaired) electrons. The predicted octanol–water partition coefficient (Wildman–Crippen LogP) is 2.28. The van der Waals surface area contributed by atoms with Gasteiger partial charge in [-0.1, -0.05) is 0 Å². The smallest absolute Gasteiger partial charge is 0.195 e. The monoisotopic (exact) mass is 300 g/mol. The number of pyridine rings is 1. The van der Waals surface area contributed by atoms with Gasteiger partial charge in [-0.3, -0.25) is 0 Å². The third-order valence-corrected chi connectivity index (χ3v) is 3.65. The van der Waals surface area contributed by atoms with Crippen LogP contribution in [0.1, 0.15) is 24.1 Å². The standard InChI is InChI=1S/C13H19BrNO2/c1-10-8-11(14)12(15(2)9-10)4-5-13-16-6-3-7-17-13/h8-9,13H,3-7H2,1-2H3/q+1. The van der Waals surface area contributed by atoms with Crippen LogP contribution in [0, 0.1) is 6.92 Å². The summed E-state index contributed by atoms with van der Waals surface area (Å²) in [5, 5.41) is 0. The van der Waals surface area contributed by atoms with Crippen LogP contribution in [0.25, 0.3) is 0 Å². The van der Waals surface area contributed by atoms with Crippen molar-refractivity contribution >= 4 is 15.9 Å². The maximum Gasteiger partial charge on any atom is 0.195 e. The minimum absolute atomic E-state index is 0.0306. The highest BCUT2D eigenvalue weighted by Crippen LogP contribution is 2.18. The minimum Gasteiger partial charge on any atom is -0.353 e. The SMILES string of the molecule is Cc1cc(Br)c(CCC2OCCCO2)[n+](C)c1. The molecular formula is C13H19BrNO2+. The largest absolute Gasteiger partial charge is 0.353 e. The van der Waals surface area contributed by atoms with E-state index in [9.17, 15) is 0 Å². The van der Waals surface area contributed by atoms with E-state index in [2.05, 4.69) is 46.7 Å². The molecule has 0 amide bonds. The van der Waals surface area contributed by atoms with E-state index in [0.29, 0.717) is 0 Å². The second kappa shape index (κ2) is 5.94. The lowest BCUT2D eigenvalue weighted by Gasteiger charge is -2.22. The number of aryl methyl sites for hydroxylation is 2. The summed E-state index contributed by atoms with van der Waals surface area (Å²) in [6, 6.07) is 2.15. The summed E-state index contributed by atoms with van der Waals surface area (Å²) in [5.74, 6) is 0. The van der Waals surface area contributed by atoms with Gasteiger partial charge in [-0.25, -0.2) is 4.57 Å². The number of aromatic nitrogens is 1.